The van der Waals surface area contributed by atoms with E-state index in [2.05, 4.69) is 31.3 Å². The molecule has 42 heavy (non-hydrogen) atoms. The molecule has 0 aliphatic heterocycles. The first-order chi connectivity index (χ1) is 20.5. The molecule has 1 saturated carbocycles. The molecule has 8 heteroatoms. The molecule has 1 aliphatic rings. The molecule has 0 saturated heterocycles. The average Bonchev–Trinajstić information content (AvgIpc) is 3.02. The third kappa shape index (κ3) is 7.56. The number of Topliss-reactive ketones (excluding diaryl/α,β-unsaturated/α-hetero) is 2. The highest BCUT2D eigenvalue weighted by Gasteiger charge is 2.27. The van der Waals surface area contributed by atoms with Crippen LogP contribution in [0, 0.1) is 17.9 Å². The van der Waals surface area contributed by atoms with E-state index in [1.54, 1.807) is 36.4 Å². The van der Waals surface area contributed by atoms with E-state index >= 15 is 0 Å². The average molecular weight is 555 g/mol. The molecular weight excluding hydrogens is 524 g/mol. The summed E-state index contributed by atoms with van der Waals surface area (Å²) >= 11 is 0. The van der Waals surface area contributed by atoms with Gasteiger partial charge in [0.15, 0.2) is 5.69 Å². The third-order valence-electron chi connectivity index (χ3n) is 7.65. The number of carbonyl (C=O) groups is 2. The van der Waals surface area contributed by atoms with Crippen molar-refractivity contribution < 1.29 is 9.59 Å². The number of aromatic nitrogens is 4. The Hall–Kier alpha value is -5.08. The maximum atomic E-state index is 12.6. The zero-order valence-electron chi connectivity index (χ0n) is 23.2. The van der Waals surface area contributed by atoms with Crippen molar-refractivity contribution in [1.29, 1.82) is 5.26 Å². The quantitative estimate of drug-likeness (QED) is 0.226. The van der Waals surface area contributed by atoms with Crippen LogP contribution in [0.5, 0.6) is 0 Å². The fourth-order valence-corrected chi connectivity index (χ4v) is 5.56. The van der Waals surface area contributed by atoms with Gasteiger partial charge in [0.2, 0.25) is 0 Å². The summed E-state index contributed by atoms with van der Waals surface area (Å²) in [6.07, 6.45) is 4.92. The molecule has 0 N–H and O–H groups in total. The Morgan fingerprint density at radius 1 is 0.762 bits per heavy atom. The van der Waals surface area contributed by atoms with Gasteiger partial charge in [-0.05, 0) is 61.2 Å². The maximum Gasteiger partial charge on any atom is 0.187 e. The van der Waals surface area contributed by atoms with Crippen LogP contribution >= 0.6 is 0 Å². The summed E-state index contributed by atoms with van der Waals surface area (Å²) in [5, 5.41) is 26.7. The lowest BCUT2D eigenvalue weighted by Crippen LogP contribution is -2.17. The smallest absolute Gasteiger partial charge is 0.187 e. The molecule has 5 rings (SSSR count). The third-order valence-corrected chi connectivity index (χ3v) is 7.65. The number of rotatable bonds is 10. The van der Waals surface area contributed by atoms with Gasteiger partial charge in [0.1, 0.15) is 11.6 Å². The molecule has 2 aromatic heterocycles. The molecule has 1 aliphatic carbocycles. The maximum absolute atomic E-state index is 12.6. The van der Waals surface area contributed by atoms with Crippen molar-refractivity contribution in [2.75, 3.05) is 0 Å². The van der Waals surface area contributed by atoms with Gasteiger partial charge in [-0.15, -0.1) is 0 Å². The van der Waals surface area contributed by atoms with E-state index in [9.17, 15) is 9.59 Å². The fourth-order valence-electron chi connectivity index (χ4n) is 5.56. The first-order valence-corrected chi connectivity index (χ1v) is 14.1. The van der Waals surface area contributed by atoms with E-state index in [4.69, 9.17) is 11.8 Å². The zero-order chi connectivity index (χ0) is 29.3. The highest BCUT2D eigenvalue weighted by atomic mass is 16.1. The second-order valence-corrected chi connectivity index (χ2v) is 10.8. The molecule has 1 fully saturated rings. The number of ketones is 2. The number of benzene rings is 2. The van der Waals surface area contributed by atoms with E-state index in [1.807, 2.05) is 36.4 Å². The summed E-state index contributed by atoms with van der Waals surface area (Å²) < 4.78 is 0. The van der Waals surface area contributed by atoms with Crippen LogP contribution in [0.4, 0.5) is 5.69 Å². The van der Waals surface area contributed by atoms with Gasteiger partial charge in [0, 0.05) is 24.7 Å². The van der Waals surface area contributed by atoms with E-state index in [0.29, 0.717) is 22.6 Å². The van der Waals surface area contributed by atoms with Gasteiger partial charge < -0.3 is 0 Å². The van der Waals surface area contributed by atoms with Crippen molar-refractivity contribution in [2.24, 2.45) is 0 Å². The number of nitrogens with zero attached hydrogens (tertiary/aromatic N) is 6. The Balaban J connectivity index is 1.14. The standard InChI is InChI=1S/C34H30N6O2/c1-36-28-10-3-6-24(16-28)18-32(42)21-30-12-14-34(40-38-30)27-9-4-8-26(19-27)33-13-11-29(37-39-33)20-31(41)17-23-5-2-7-25(15-23)22-35/h2-3,5-7,10-16,26-27H,4,8-9,17-21H2/t26-,27-/m0/s1. The number of carbonyl (C=O) groups excluding carboxylic acids is 2. The molecule has 8 nitrogen and oxygen atoms in total. The molecule has 4 aromatic rings. The molecule has 2 heterocycles. The number of hydrogen-bond donors (Lipinski definition) is 0. The zero-order valence-corrected chi connectivity index (χ0v) is 23.2. The summed E-state index contributed by atoms with van der Waals surface area (Å²) in [5.74, 6) is 0.574. The summed E-state index contributed by atoms with van der Waals surface area (Å²) in [7, 11) is 0. The lowest BCUT2D eigenvalue weighted by Gasteiger charge is -2.28. The van der Waals surface area contributed by atoms with Crippen molar-refractivity contribution in [3.05, 3.63) is 124 Å². The molecule has 0 radical (unpaired) electrons. The highest BCUT2D eigenvalue weighted by molar-refractivity contribution is 5.83. The van der Waals surface area contributed by atoms with E-state index in [0.717, 1.165) is 48.2 Å². The fraction of sp³-hybridized carbons (Fsp3) is 0.294. The minimum atomic E-state index is 0.0305. The molecule has 0 unspecified atom stereocenters. The van der Waals surface area contributed by atoms with E-state index in [-0.39, 0.29) is 49.1 Å². The summed E-state index contributed by atoms with van der Waals surface area (Å²) in [4.78, 5) is 28.6. The van der Waals surface area contributed by atoms with Gasteiger partial charge in [-0.25, -0.2) is 4.85 Å². The summed E-state index contributed by atoms with van der Waals surface area (Å²) in [6.45, 7) is 7.14. The van der Waals surface area contributed by atoms with Crippen LogP contribution in [0.15, 0.2) is 72.8 Å². The van der Waals surface area contributed by atoms with Gasteiger partial charge in [0.05, 0.1) is 53.8 Å². The molecule has 0 spiro atoms. The molecular formula is C34H30N6O2. The van der Waals surface area contributed by atoms with Crippen molar-refractivity contribution in [3.8, 4) is 6.07 Å². The van der Waals surface area contributed by atoms with Crippen molar-refractivity contribution in [3.63, 3.8) is 0 Å². The minimum Gasteiger partial charge on any atom is -0.299 e. The highest BCUT2D eigenvalue weighted by Crippen LogP contribution is 2.39. The Kier molecular flexibility index (Phi) is 9.16. The Morgan fingerprint density at radius 2 is 1.33 bits per heavy atom. The normalized spacial score (nSPS) is 16.2. The largest absolute Gasteiger partial charge is 0.299 e. The number of hydrogen-bond acceptors (Lipinski definition) is 7. The predicted octanol–water partition coefficient (Wildman–Crippen LogP) is 5.84. The van der Waals surface area contributed by atoms with E-state index in [1.165, 1.54) is 0 Å². The molecule has 0 amide bonds. The van der Waals surface area contributed by atoms with Crippen LogP contribution < -0.4 is 0 Å². The lowest BCUT2D eigenvalue weighted by molar-refractivity contribution is -0.118. The van der Waals surface area contributed by atoms with Crippen LogP contribution in [0.3, 0.4) is 0 Å². The van der Waals surface area contributed by atoms with Crippen molar-refractivity contribution in [1.82, 2.24) is 20.4 Å². The number of nitriles is 1. The Labute approximate surface area is 245 Å². The van der Waals surface area contributed by atoms with Crippen LogP contribution in [0.1, 0.15) is 77.0 Å². The molecule has 2 atom stereocenters. The van der Waals surface area contributed by atoms with Gasteiger partial charge >= 0.3 is 0 Å². The van der Waals surface area contributed by atoms with Crippen LogP contribution in [0.2, 0.25) is 0 Å². The van der Waals surface area contributed by atoms with Crippen molar-refractivity contribution >= 4 is 17.3 Å². The SMILES string of the molecule is [C-]#[N+]c1cccc(CC(=O)Cc2ccc([C@H]3CCC[C@H](c4ccc(CC(=O)Cc5cccc(C#N)c5)nn4)C3)nn2)c1. The predicted molar refractivity (Wildman–Crippen MR) is 157 cm³/mol. The van der Waals surface area contributed by atoms with Crippen LogP contribution in [-0.2, 0) is 35.3 Å². The molecule has 0 bridgehead atoms. The first kappa shape index (κ1) is 28.4. The van der Waals surface area contributed by atoms with E-state index < -0.39 is 0 Å². The first-order valence-electron chi connectivity index (χ1n) is 14.1. The molecule has 208 valence electrons. The monoisotopic (exact) mass is 554 g/mol. The molecule has 2 aromatic carbocycles. The Bertz CT molecular complexity index is 1530. The second kappa shape index (κ2) is 13.5. The van der Waals surface area contributed by atoms with Crippen molar-refractivity contribution in [2.45, 2.75) is 63.2 Å². The van der Waals surface area contributed by atoms with Gasteiger partial charge in [-0.1, -0.05) is 48.4 Å². The van der Waals surface area contributed by atoms with Crippen LogP contribution in [0.25, 0.3) is 4.85 Å². The topological polar surface area (TPSA) is 114 Å². The second-order valence-electron chi connectivity index (χ2n) is 10.8. The summed E-state index contributed by atoms with van der Waals surface area (Å²) in [6, 6.07) is 24.1. The van der Waals surface area contributed by atoms with Gasteiger partial charge in [-0.3, -0.25) is 9.59 Å². The van der Waals surface area contributed by atoms with Crippen LogP contribution in [-0.4, -0.2) is 32.0 Å². The Morgan fingerprint density at radius 3 is 1.86 bits per heavy atom. The van der Waals surface area contributed by atoms with Gasteiger partial charge in [0.25, 0.3) is 0 Å². The minimum absolute atomic E-state index is 0.0305. The lowest BCUT2D eigenvalue weighted by atomic mass is 9.78. The van der Waals surface area contributed by atoms with Gasteiger partial charge in [-0.2, -0.15) is 25.7 Å². The summed E-state index contributed by atoms with van der Waals surface area (Å²) in [5.41, 5.74) is 5.87.